The van der Waals surface area contributed by atoms with Crippen LogP contribution in [0.4, 0.5) is 0 Å². The van der Waals surface area contributed by atoms with Crippen LogP contribution in [0.5, 0.6) is 5.75 Å². The molecule has 0 saturated carbocycles. The van der Waals surface area contributed by atoms with Crippen LogP contribution in [-0.2, 0) is 0 Å². The summed E-state index contributed by atoms with van der Waals surface area (Å²) < 4.78 is 5.43. The van der Waals surface area contributed by atoms with E-state index in [0.717, 1.165) is 12.2 Å². The molecule has 1 atom stereocenters. The minimum absolute atomic E-state index is 0.507. The van der Waals surface area contributed by atoms with Crippen LogP contribution >= 0.6 is 0 Å². The van der Waals surface area contributed by atoms with E-state index < -0.39 is 0 Å². The zero-order valence-corrected chi connectivity index (χ0v) is 10.2. The topological polar surface area (TPSA) is 12.5 Å². The van der Waals surface area contributed by atoms with E-state index >= 15 is 0 Å². The second-order valence-electron chi connectivity index (χ2n) is 4.34. The maximum atomic E-state index is 5.43. The fourth-order valence-electron chi connectivity index (χ4n) is 2.61. The van der Waals surface area contributed by atoms with Crippen LogP contribution in [0.1, 0.15) is 37.8 Å². The third kappa shape index (κ3) is 2.22. The van der Waals surface area contributed by atoms with Crippen LogP contribution in [0.2, 0.25) is 0 Å². The highest BCUT2D eigenvalue weighted by atomic mass is 16.5. The van der Waals surface area contributed by atoms with Gasteiger partial charge in [0, 0.05) is 11.6 Å². The average molecular weight is 218 g/mol. The Labute approximate surface area is 98.2 Å². The highest BCUT2D eigenvalue weighted by Crippen LogP contribution is 2.33. The molecule has 1 aliphatic rings. The van der Waals surface area contributed by atoms with E-state index in [2.05, 4.69) is 24.0 Å². The average Bonchev–Trinajstić information content (AvgIpc) is 2.84. The van der Waals surface area contributed by atoms with Crippen molar-refractivity contribution in [1.29, 1.82) is 0 Å². The molecular formula is C14H20NO. The Morgan fingerprint density at radius 2 is 2.19 bits per heavy atom. The van der Waals surface area contributed by atoms with Gasteiger partial charge in [0.15, 0.2) is 0 Å². The Balaban J connectivity index is 2.24. The van der Waals surface area contributed by atoms with E-state index in [1.165, 1.54) is 31.5 Å². The molecule has 1 fully saturated rings. The van der Waals surface area contributed by atoms with Gasteiger partial charge in [-0.1, -0.05) is 19.1 Å². The summed E-state index contributed by atoms with van der Waals surface area (Å²) in [6, 6.07) is 9.65. The van der Waals surface area contributed by atoms with E-state index in [-0.39, 0.29) is 0 Å². The number of likely N-dealkylation sites (tertiary alicyclic amines) is 1. The third-order valence-corrected chi connectivity index (χ3v) is 3.41. The minimum Gasteiger partial charge on any atom is -0.496 e. The van der Waals surface area contributed by atoms with Crippen LogP contribution in [0.15, 0.2) is 18.2 Å². The van der Waals surface area contributed by atoms with Crippen molar-refractivity contribution in [3.05, 3.63) is 29.8 Å². The smallest absolute Gasteiger partial charge is 0.124 e. The summed E-state index contributed by atoms with van der Waals surface area (Å²) >= 11 is 0. The lowest BCUT2D eigenvalue weighted by Gasteiger charge is -2.28. The molecule has 0 N–H and O–H groups in total. The van der Waals surface area contributed by atoms with Crippen molar-refractivity contribution in [2.24, 2.45) is 0 Å². The normalized spacial score (nSPS) is 18.6. The van der Waals surface area contributed by atoms with Gasteiger partial charge in [0.2, 0.25) is 0 Å². The maximum Gasteiger partial charge on any atom is 0.124 e. The van der Waals surface area contributed by atoms with Gasteiger partial charge in [0.25, 0.3) is 0 Å². The summed E-state index contributed by atoms with van der Waals surface area (Å²) in [7, 11) is 1.74. The molecule has 0 amide bonds. The first-order chi connectivity index (χ1) is 7.86. The molecule has 1 heterocycles. The Morgan fingerprint density at radius 1 is 1.44 bits per heavy atom. The van der Waals surface area contributed by atoms with Gasteiger partial charge in [-0.25, -0.2) is 0 Å². The monoisotopic (exact) mass is 218 g/mol. The van der Waals surface area contributed by atoms with Gasteiger partial charge in [-0.2, -0.15) is 0 Å². The molecule has 87 valence electrons. The van der Waals surface area contributed by atoms with Crippen molar-refractivity contribution in [3.8, 4) is 5.75 Å². The molecule has 1 aromatic rings. The first-order valence-electron chi connectivity index (χ1n) is 6.15. The van der Waals surface area contributed by atoms with Crippen LogP contribution in [0, 0.1) is 6.07 Å². The standard InChI is InChI=1S/C14H20NO/c1-3-13(15-10-6-7-11-15)12-8-4-5-9-14(12)16-2/h4,8-9,13H,3,6-7,10-11H2,1-2H3. The largest absolute Gasteiger partial charge is 0.496 e. The van der Waals surface area contributed by atoms with Crippen LogP contribution < -0.4 is 4.74 Å². The van der Waals surface area contributed by atoms with Crippen LogP contribution in [-0.4, -0.2) is 25.1 Å². The lowest BCUT2D eigenvalue weighted by Crippen LogP contribution is -2.25. The Bertz CT molecular complexity index is 331. The SMILES string of the molecule is CCC(c1cc[c]cc1OC)N1CCCC1. The third-order valence-electron chi connectivity index (χ3n) is 3.41. The Hall–Kier alpha value is -1.02. The number of hydrogen-bond donors (Lipinski definition) is 0. The predicted octanol–water partition coefficient (Wildman–Crippen LogP) is 3.04. The molecular weight excluding hydrogens is 198 g/mol. The van der Waals surface area contributed by atoms with Gasteiger partial charge >= 0.3 is 0 Å². The highest BCUT2D eigenvalue weighted by Gasteiger charge is 2.23. The predicted molar refractivity (Wildman–Crippen MR) is 65.7 cm³/mol. The Morgan fingerprint density at radius 3 is 2.81 bits per heavy atom. The van der Waals surface area contributed by atoms with Crippen molar-refractivity contribution < 1.29 is 4.74 Å². The molecule has 0 spiro atoms. The van der Waals surface area contributed by atoms with Crippen LogP contribution in [0.25, 0.3) is 0 Å². The second-order valence-corrected chi connectivity index (χ2v) is 4.34. The Kier molecular flexibility index (Phi) is 3.83. The lowest BCUT2D eigenvalue weighted by molar-refractivity contribution is 0.233. The minimum atomic E-state index is 0.507. The second kappa shape index (κ2) is 5.35. The molecule has 1 unspecified atom stereocenters. The van der Waals surface area contributed by atoms with Gasteiger partial charge in [-0.05, 0) is 44.5 Å². The van der Waals surface area contributed by atoms with Gasteiger partial charge in [0.1, 0.15) is 5.75 Å². The number of hydrogen-bond acceptors (Lipinski definition) is 2. The molecule has 0 bridgehead atoms. The molecule has 0 aliphatic carbocycles. The van der Waals surface area contributed by atoms with Gasteiger partial charge in [-0.3, -0.25) is 4.90 Å². The zero-order chi connectivity index (χ0) is 11.4. The summed E-state index contributed by atoms with van der Waals surface area (Å²) in [5.41, 5.74) is 1.31. The summed E-state index contributed by atoms with van der Waals surface area (Å²) in [6.07, 6.45) is 3.80. The summed E-state index contributed by atoms with van der Waals surface area (Å²) in [6.45, 7) is 4.69. The number of ether oxygens (including phenoxy) is 1. The van der Waals surface area contributed by atoms with E-state index in [1.54, 1.807) is 7.11 Å². The van der Waals surface area contributed by atoms with Crippen LogP contribution in [0.3, 0.4) is 0 Å². The van der Waals surface area contributed by atoms with Crippen molar-refractivity contribution in [1.82, 2.24) is 4.90 Å². The lowest BCUT2D eigenvalue weighted by atomic mass is 10.0. The summed E-state index contributed by atoms with van der Waals surface area (Å²) in [5.74, 6) is 0.973. The molecule has 1 aliphatic heterocycles. The van der Waals surface area contributed by atoms with Gasteiger partial charge < -0.3 is 4.74 Å². The van der Waals surface area contributed by atoms with Crippen molar-refractivity contribution in [3.63, 3.8) is 0 Å². The zero-order valence-electron chi connectivity index (χ0n) is 10.2. The first kappa shape index (κ1) is 11.5. The molecule has 1 radical (unpaired) electrons. The first-order valence-corrected chi connectivity index (χ1v) is 6.15. The molecule has 0 aromatic heterocycles. The van der Waals surface area contributed by atoms with Crippen molar-refractivity contribution >= 4 is 0 Å². The number of benzene rings is 1. The van der Waals surface area contributed by atoms with E-state index in [4.69, 9.17) is 4.74 Å². The quantitative estimate of drug-likeness (QED) is 0.770. The fourth-order valence-corrected chi connectivity index (χ4v) is 2.61. The highest BCUT2D eigenvalue weighted by molar-refractivity contribution is 5.35. The molecule has 1 saturated heterocycles. The number of rotatable bonds is 4. The van der Waals surface area contributed by atoms with Crippen molar-refractivity contribution in [2.75, 3.05) is 20.2 Å². The summed E-state index contributed by atoms with van der Waals surface area (Å²) in [5, 5.41) is 0. The molecule has 2 nitrogen and oxygen atoms in total. The van der Waals surface area contributed by atoms with E-state index in [0.29, 0.717) is 6.04 Å². The molecule has 1 aromatic carbocycles. The van der Waals surface area contributed by atoms with E-state index in [1.807, 2.05) is 12.1 Å². The van der Waals surface area contributed by atoms with E-state index in [9.17, 15) is 0 Å². The number of methoxy groups -OCH3 is 1. The number of nitrogens with zero attached hydrogens (tertiary/aromatic N) is 1. The molecule has 16 heavy (non-hydrogen) atoms. The van der Waals surface area contributed by atoms with Crippen molar-refractivity contribution in [2.45, 2.75) is 32.2 Å². The van der Waals surface area contributed by atoms with Gasteiger partial charge in [0.05, 0.1) is 7.11 Å². The fraction of sp³-hybridized carbons (Fsp3) is 0.571. The molecule has 2 heteroatoms. The summed E-state index contributed by atoms with van der Waals surface area (Å²) in [4.78, 5) is 2.57. The molecule has 2 rings (SSSR count). The van der Waals surface area contributed by atoms with Gasteiger partial charge in [-0.15, -0.1) is 0 Å². The maximum absolute atomic E-state index is 5.43.